The van der Waals surface area contributed by atoms with Crippen LogP contribution in [0.3, 0.4) is 0 Å². The molecule has 0 aliphatic carbocycles. The van der Waals surface area contributed by atoms with Crippen molar-refractivity contribution in [3.8, 4) is 0 Å². The Morgan fingerprint density at radius 3 is 2.46 bits per heavy atom. The van der Waals surface area contributed by atoms with Crippen LogP contribution >= 0.6 is 15.9 Å². The Morgan fingerprint density at radius 2 is 1.82 bits per heavy atom. The van der Waals surface area contributed by atoms with Gasteiger partial charge in [-0.1, -0.05) is 46.3 Å². The van der Waals surface area contributed by atoms with Crippen molar-refractivity contribution in [2.24, 2.45) is 0 Å². The Bertz CT molecular complexity index is 877. The number of amides is 2. The first-order chi connectivity index (χ1) is 13.2. The van der Waals surface area contributed by atoms with Crippen LogP contribution in [0.2, 0.25) is 0 Å². The summed E-state index contributed by atoms with van der Waals surface area (Å²) < 4.78 is 13.4. The number of alkyl halides is 1. The van der Waals surface area contributed by atoms with E-state index >= 15 is 0 Å². The van der Waals surface area contributed by atoms with Crippen LogP contribution in [0.4, 0.5) is 10.1 Å². The lowest BCUT2D eigenvalue weighted by atomic mass is 9.87. The number of nitrogens with one attached hydrogen (secondary N) is 1. The van der Waals surface area contributed by atoms with Gasteiger partial charge in [0, 0.05) is 17.1 Å². The summed E-state index contributed by atoms with van der Waals surface area (Å²) in [7, 11) is 0. The van der Waals surface area contributed by atoms with E-state index in [0.717, 1.165) is 11.1 Å². The largest absolute Gasteiger partial charge is 0.350 e. The quantitative estimate of drug-likeness (QED) is 0.711. The molecule has 1 aliphatic heterocycles. The third-order valence-corrected chi connectivity index (χ3v) is 5.43. The molecule has 2 unspecified atom stereocenters. The number of carbonyl (C=O) groups is 2. The minimum Gasteiger partial charge on any atom is -0.350 e. The van der Waals surface area contributed by atoms with E-state index in [0.29, 0.717) is 12.1 Å². The first kappa shape index (κ1) is 20.5. The summed E-state index contributed by atoms with van der Waals surface area (Å²) in [4.78, 5) is 26.7. The molecule has 28 heavy (non-hydrogen) atoms. The van der Waals surface area contributed by atoms with Crippen LogP contribution in [0.25, 0.3) is 0 Å². The van der Waals surface area contributed by atoms with E-state index in [1.54, 1.807) is 17.0 Å². The summed E-state index contributed by atoms with van der Waals surface area (Å²) in [6.45, 7) is 5.66. The minimum atomic E-state index is -0.447. The van der Waals surface area contributed by atoms with Gasteiger partial charge in [-0.05, 0) is 56.5 Å². The monoisotopic (exact) mass is 446 g/mol. The molecule has 0 spiro atoms. The first-order valence-corrected chi connectivity index (χ1v) is 10.2. The van der Waals surface area contributed by atoms with Gasteiger partial charge in [-0.15, -0.1) is 0 Å². The lowest BCUT2D eigenvalue weighted by molar-refractivity contribution is -0.124. The van der Waals surface area contributed by atoms with Gasteiger partial charge in [0.1, 0.15) is 12.4 Å². The summed E-state index contributed by atoms with van der Waals surface area (Å²) in [5.74, 6) is -0.741. The van der Waals surface area contributed by atoms with E-state index in [1.807, 2.05) is 45.0 Å². The molecule has 148 valence electrons. The zero-order valence-corrected chi connectivity index (χ0v) is 17.8. The maximum atomic E-state index is 13.4. The second kappa shape index (κ2) is 8.03. The van der Waals surface area contributed by atoms with E-state index < -0.39 is 4.83 Å². The van der Waals surface area contributed by atoms with Gasteiger partial charge >= 0.3 is 0 Å². The van der Waals surface area contributed by atoms with Gasteiger partial charge < -0.3 is 10.2 Å². The highest BCUT2D eigenvalue weighted by atomic mass is 79.9. The van der Waals surface area contributed by atoms with Crippen molar-refractivity contribution in [1.82, 2.24) is 5.32 Å². The van der Waals surface area contributed by atoms with Gasteiger partial charge in [-0.25, -0.2) is 4.39 Å². The molecule has 1 aliphatic rings. The standard InChI is InChI=1S/C22H24BrFN2O2/c1-22(2,3)25-20(27)13-26-19-7-5-4-6-16(19)17(12-18(23)21(26)28)14-8-10-15(24)11-9-14/h4-11,17-18H,12-13H2,1-3H3,(H,25,27). The Balaban J connectivity index is 2.01. The summed E-state index contributed by atoms with van der Waals surface area (Å²) in [5, 5.41) is 2.91. The van der Waals surface area contributed by atoms with Crippen LogP contribution in [0.1, 0.15) is 44.2 Å². The summed E-state index contributed by atoms with van der Waals surface area (Å²) >= 11 is 3.51. The summed E-state index contributed by atoms with van der Waals surface area (Å²) in [6, 6.07) is 14.0. The molecule has 0 aromatic heterocycles. The Kier molecular flexibility index (Phi) is 5.89. The molecule has 0 saturated carbocycles. The number of fused-ring (bicyclic) bond motifs is 1. The molecule has 1 N–H and O–H groups in total. The predicted octanol–water partition coefficient (Wildman–Crippen LogP) is 4.37. The summed E-state index contributed by atoms with van der Waals surface area (Å²) in [6.07, 6.45) is 0.527. The Labute approximate surface area is 173 Å². The number of carbonyl (C=O) groups excluding carboxylic acids is 2. The van der Waals surface area contributed by atoms with E-state index in [1.165, 1.54) is 12.1 Å². The van der Waals surface area contributed by atoms with Crippen LogP contribution in [0, 0.1) is 5.82 Å². The maximum absolute atomic E-state index is 13.4. The molecule has 3 rings (SSSR count). The molecule has 4 nitrogen and oxygen atoms in total. The van der Waals surface area contributed by atoms with E-state index in [9.17, 15) is 14.0 Å². The second-order valence-electron chi connectivity index (χ2n) is 8.09. The molecular formula is C22H24BrFN2O2. The van der Waals surface area contributed by atoms with E-state index in [-0.39, 0.29) is 35.6 Å². The molecule has 2 atom stereocenters. The number of hydrogen-bond acceptors (Lipinski definition) is 2. The average molecular weight is 447 g/mol. The van der Waals surface area contributed by atoms with Gasteiger partial charge in [-0.2, -0.15) is 0 Å². The van der Waals surface area contributed by atoms with Crippen molar-refractivity contribution in [1.29, 1.82) is 0 Å². The molecular weight excluding hydrogens is 423 g/mol. The van der Waals surface area contributed by atoms with E-state index in [2.05, 4.69) is 21.2 Å². The van der Waals surface area contributed by atoms with E-state index in [4.69, 9.17) is 0 Å². The highest BCUT2D eigenvalue weighted by Crippen LogP contribution is 2.40. The van der Waals surface area contributed by atoms with Crippen LogP contribution in [-0.2, 0) is 9.59 Å². The molecule has 1 heterocycles. The smallest absolute Gasteiger partial charge is 0.241 e. The predicted molar refractivity (Wildman–Crippen MR) is 112 cm³/mol. The molecule has 2 aromatic rings. The van der Waals surface area contributed by atoms with Gasteiger partial charge in [0.25, 0.3) is 0 Å². The highest BCUT2D eigenvalue weighted by molar-refractivity contribution is 9.10. The normalized spacial score (nSPS) is 19.8. The van der Waals surface area contributed by atoms with Crippen LogP contribution in [0.5, 0.6) is 0 Å². The molecule has 2 aromatic carbocycles. The molecule has 6 heteroatoms. The molecule has 0 saturated heterocycles. The molecule has 0 bridgehead atoms. The van der Waals surface area contributed by atoms with Crippen LogP contribution < -0.4 is 10.2 Å². The maximum Gasteiger partial charge on any atom is 0.241 e. The van der Waals surface area contributed by atoms with Crippen molar-refractivity contribution in [3.63, 3.8) is 0 Å². The fourth-order valence-corrected chi connectivity index (χ4v) is 4.15. The third-order valence-electron chi connectivity index (χ3n) is 4.67. The van der Waals surface area contributed by atoms with Gasteiger partial charge in [0.05, 0.1) is 4.83 Å². The highest BCUT2D eigenvalue weighted by Gasteiger charge is 2.35. The number of nitrogens with zero attached hydrogens (tertiary/aromatic N) is 1. The van der Waals surface area contributed by atoms with Gasteiger partial charge in [0.2, 0.25) is 11.8 Å². The van der Waals surface area contributed by atoms with Crippen LogP contribution in [-0.4, -0.2) is 28.7 Å². The topological polar surface area (TPSA) is 49.4 Å². The summed E-state index contributed by atoms with van der Waals surface area (Å²) in [5.41, 5.74) is 2.23. The number of para-hydroxylation sites is 1. The van der Waals surface area contributed by atoms with Gasteiger partial charge in [-0.3, -0.25) is 9.59 Å². The van der Waals surface area contributed by atoms with Crippen molar-refractivity contribution < 1.29 is 14.0 Å². The molecule has 0 fully saturated rings. The van der Waals surface area contributed by atoms with Gasteiger partial charge in [0.15, 0.2) is 0 Å². The number of benzene rings is 2. The number of rotatable bonds is 3. The zero-order valence-electron chi connectivity index (χ0n) is 16.2. The number of halogens is 2. The molecule has 2 amide bonds. The lowest BCUT2D eigenvalue weighted by Gasteiger charge is -2.27. The van der Waals surface area contributed by atoms with Crippen molar-refractivity contribution >= 4 is 33.4 Å². The first-order valence-electron chi connectivity index (χ1n) is 9.26. The van der Waals surface area contributed by atoms with Crippen molar-refractivity contribution in [2.45, 2.75) is 43.5 Å². The second-order valence-corrected chi connectivity index (χ2v) is 9.19. The lowest BCUT2D eigenvalue weighted by Crippen LogP contribution is -2.48. The average Bonchev–Trinajstić information content (AvgIpc) is 2.72. The minimum absolute atomic E-state index is 0.0502. The van der Waals surface area contributed by atoms with Crippen molar-refractivity contribution in [3.05, 3.63) is 65.5 Å². The van der Waals surface area contributed by atoms with Crippen molar-refractivity contribution in [2.75, 3.05) is 11.4 Å². The number of anilines is 1. The SMILES string of the molecule is CC(C)(C)NC(=O)CN1C(=O)C(Br)CC(c2ccc(F)cc2)c2ccccc21. The fraction of sp³-hybridized carbons (Fsp3) is 0.364. The number of hydrogen-bond donors (Lipinski definition) is 1. The third kappa shape index (κ3) is 4.61. The fourth-order valence-electron chi connectivity index (χ4n) is 3.53. The Hall–Kier alpha value is -2.21. The van der Waals surface area contributed by atoms with Crippen LogP contribution in [0.15, 0.2) is 48.5 Å². The molecule has 0 radical (unpaired) electrons. The Morgan fingerprint density at radius 1 is 1.18 bits per heavy atom. The zero-order chi connectivity index (χ0) is 20.5.